The van der Waals surface area contributed by atoms with Crippen LogP contribution in [0.2, 0.25) is 0 Å². The van der Waals surface area contributed by atoms with Crippen molar-refractivity contribution in [1.82, 2.24) is 9.97 Å². The van der Waals surface area contributed by atoms with Crippen LogP contribution in [0.4, 0.5) is 10.2 Å². The minimum Gasteiger partial charge on any atom is -0.383 e. The molecule has 0 bridgehead atoms. The van der Waals surface area contributed by atoms with Gasteiger partial charge in [-0.05, 0) is 24.3 Å². The molecular weight excluding hydrogens is 207 g/mol. The number of nitrogens with one attached hydrogen (secondary N) is 1. The van der Waals surface area contributed by atoms with Crippen LogP contribution in [0.3, 0.4) is 0 Å². The third kappa shape index (κ3) is 1.88. The molecule has 0 aliphatic carbocycles. The Labute approximate surface area is 91.5 Å². The summed E-state index contributed by atoms with van der Waals surface area (Å²) in [5.74, 6) is -0.634. The zero-order valence-electron chi connectivity index (χ0n) is 8.31. The fourth-order valence-corrected chi connectivity index (χ4v) is 1.34. The van der Waals surface area contributed by atoms with Crippen LogP contribution in [-0.2, 0) is 0 Å². The number of hydrogen-bond donors (Lipinski definition) is 2. The first-order chi connectivity index (χ1) is 7.68. The highest BCUT2D eigenvalue weighted by Gasteiger charge is 2.09. The van der Waals surface area contributed by atoms with Crippen molar-refractivity contribution in [3.63, 3.8) is 0 Å². The lowest BCUT2D eigenvalue weighted by Crippen LogP contribution is -2.07. The molecule has 0 radical (unpaired) electrons. The van der Waals surface area contributed by atoms with E-state index in [0.29, 0.717) is 11.1 Å². The van der Waals surface area contributed by atoms with Gasteiger partial charge in [0.2, 0.25) is 5.95 Å². The van der Waals surface area contributed by atoms with Crippen LogP contribution < -0.4 is 5.73 Å². The molecule has 2 heterocycles. The maximum atomic E-state index is 12.7. The Morgan fingerprint density at radius 1 is 1.19 bits per heavy atom. The average molecular weight is 216 g/mol. The van der Waals surface area contributed by atoms with Gasteiger partial charge in [-0.2, -0.15) is 4.39 Å². The minimum absolute atomic E-state index is 0.0156. The van der Waals surface area contributed by atoms with Gasteiger partial charge in [0.25, 0.3) is 0 Å². The van der Waals surface area contributed by atoms with Crippen LogP contribution in [0.1, 0.15) is 11.1 Å². The highest BCUT2D eigenvalue weighted by Crippen LogP contribution is 2.14. The smallest absolute Gasteiger partial charge is 0.214 e. The first-order valence-electron chi connectivity index (χ1n) is 4.60. The normalized spacial score (nSPS) is 10.1. The van der Waals surface area contributed by atoms with Crippen molar-refractivity contribution in [2.75, 3.05) is 5.73 Å². The summed E-state index contributed by atoms with van der Waals surface area (Å²) in [5, 5.41) is 7.91. The third-order valence-corrected chi connectivity index (χ3v) is 2.13. The van der Waals surface area contributed by atoms with E-state index in [2.05, 4.69) is 9.97 Å². The molecule has 16 heavy (non-hydrogen) atoms. The number of nitrogen functional groups attached to an aromatic ring is 1. The second kappa shape index (κ2) is 4.06. The Morgan fingerprint density at radius 3 is 2.50 bits per heavy atom. The fraction of sp³-hybridized carbons (Fsp3) is 0. The van der Waals surface area contributed by atoms with E-state index in [-0.39, 0.29) is 11.5 Å². The fourth-order valence-electron chi connectivity index (χ4n) is 1.34. The summed E-state index contributed by atoms with van der Waals surface area (Å²) < 4.78 is 12.7. The molecule has 0 fully saturated rings. The van der Waals surface area contributed by atoms with Crippen molar-refractivity contribution in [2.24, 2.45) is 0 Å². The summed E-state index contributed by atoms with van der Waals surface area (Å²) in [4.78, 5) is 7.33. The van der Waals surface area contributed by atoms with Gasteiger partial charge in [0.1, 0.15) is 5.82 Å². The second-order valence-electron chi connectivity index (χ2n) is 3.18. The molecule has 0 spiro atoms. The standard InChI is InChI=1S/C11H9FN4/c12-9-2-1-8(11(14)16-9)10(13)7-3-5-15-6-4-7/h1-6,13H,(H2,14,16). The zero-order chi connectivity index (χ0) is 11.5. The van der Waals surface area contributed by atoms with Crippen molar-refractivity contribution in [1.29, 1.82) is 5.41 Å². The van der Waals surface area contributed by atoms with E-state index in [1.165, 1.54) is 12.1 Å². The van der Waals surface area contributed by atoms with E-state index in [1.807, 2.05) is 0 Å². The van der Waals surface area contributed by atoms with E-state index in [0.717, 1.165) is 0 Å². The SMILES string of the molecule is N=C(c1ccncc1)c1ccc(F)nc1N. The average Bonchev–Trinajstić information content (AvgIpc) is 2.29. The lowest BCUT2D eigenvalue weighted by atomic mass is 10.0. The predicted molar refractivity (Wildman–Crippen MR) is 58.8 cm³/mol. The molecular formula is C11H9FN4. The van der Waals surface area contributed by atoms with Crippen molar-refractivity contribution < 1.29 is 4.39 Å². The highest BCUT2D eigenvalue weighted by molar-refractivity contribution is 6.13. The molecule has 3 N–H and O–H groups in total. The summed E-state index contributed by atoms with van der Waals surface area (Å²) in [6, 6.07) is 6.00. The molecule has 0 aromatic carbocycles. The maximum absolute atomic E-state index is 12.7. The Bertz CT molecular complexity index is 525. The molecule has 0 atom stereocenters. The van der Waals surface area contributed by atoms with E-state index in [1.54, 1.807) is 24.5 Å². The van der Waals surface area contributed by atoms with Crippen LogP contribution in [0.25, 0.3) is 0 Å². The Kier molecular flexibility index (Phi) is 2.59. The summed E-state index contributed by atoms with van der Waals surface area (Å²) >= 11 is 0. The number of aromatic nitrogens is 2. The van der Waals surface area contributed by atoms with Gasteiger partial charge in [0.05, 0.1) is 5.71 Å². The third-order valence-electron chi connectivity index (χ3n) is 2.13. The monoisotopic (exact) mass is 216 g/mol. The first-order valence-corrected chi connectivity index (χ1v) is 4.60. The summed E-state index contributed by atoms with van der Waals surface area (Å²) in [6.07, 6.45) is 3.16. The van der Waals surface area contributed by atoms with Crippen LogP contribution in [-0.4, -0.2) is 15.7 Å². The molecule has 0 unspecified atom stereocenters. The van der Waals surface area contributed by atoms with E-state index in [4.69, 9.17) is 11.1 Å². The van der Waals surface area contributed by atoms with Crippen molar-refractivity contribution in [3.05, 3.63) is 53.7 Å². The van der Waals surface area contributed by atoms with Crippen LogP contribution in [0.15, 0.2) is 36.7 Å². The van der Waals surface area contributed by atoms with Gasteiger partial charge < -0.3 is 5.73 Å². The number of nitrogens with two attached hydrogens (primary N) is 1. The first kappa shape index (κ1) is 10.2. The van der Waals surface area contributed by atoms with Crippen molar-refractivity contribution in [3.8, 4) is 0 Å². The van der Waals surface area contributed by atoms with E-state index in [9.17, 15) is 4.39 Å². The molecule has 0 saturated heterocycles. The molecule has 2 aromatic heterocycles. The van der Waals surface area contributed by atoms with Gasteiger partial charge >= 0.3 is 0 Å². The summed E-state index contributed by atoms with van der Waals surface area (Å²) in [6.45, 7) is 0. The van der Waals surface area contributed by atoms with Gasteiger partial charge in [-0.25, -0.2) is 4.98 Å². The van der Waals surface area contributed by atoms with Crippen molar-refractivity contribution in [2.45, 2.75) is 0 Å². The van der Waals surface area contributed by atoms with Crippen LogP contribution in [0.5, 0.6) is 0 Å². The zero-order valence-corrected chi connectivity index (χ0v) is 8.31. The predicted octanol–water partition coefficient (Wildman–Crippen LogP) is 1.61. The second-order valence-corrected chi connectivity index (χ2v) is 3.18. The number of anilines is 1. The molecule has 2 rings (SSSR count). The maximum Gasteiger partial charge on any atom is 0.214 e. The largest absolute Gasteiger partial charge is 0.383 e. The molecule has 80 valence electrons. The molecule has 0 amide bonds. The molecule has 5 heteroatoms. The van der Waals surface area contributed by atoms with E-state index < -0.39 is 5.95 Å². The lowest BCUT2D eigenvalue weighted by molar-refractivity contribution is 0.585. The Balaban J connectivity index is 2.42. The Hall–Kier alpha value is -2.30. The van der Waals surface area contributed by atoms with Gasteiger partial charge in [0.15, 0.2) is 0 Å². The lowest BCUT2D eigenvalue weighted by Gasteiger charge is -2.06. The molecule has 4 nitrogen and oxygen atoms in total. The number of hydrogen-bond acceptors (Lipinski definition) is 4. The quantitative estimate of drug-likeness (QED) is 0.591. The Morgan fingerprint density at radius 2 is 1.88 bits per heavy atom. The van der Waals surface area contributed by atoms with Gasteiger partial charge in [0, 0.05) is 23.5 Å². The molecule has 2 aromatic rings. The molecule has 0 aliphatic heterocycles. The number of halogens is 1. The van der Waals surface area contributed by atoms with Gasteiger partial charge in [-0.1, -0.05) is 0 Å². The molecule has 0 saturated carbocycles. The van der Waals surface area contributed by atoms with Crippen LogP contribution in [0, 0.1) is 11.4 Å². The number of pyridine rings is 2. The van der Waals surface area contributed by atoms with Crippen LogP contribution >= 0.6 is 0 Å². The van der Waals surface area contributed by atoms with Crippen molar-refractivity contribution >= 4 is 11.5 Å². The topological polar surface area (TPSA) is 75.7 Å². The summed E-state index contributed by atoms with van der Waals surface area (Å²) in [5.41, 5.74) is 6.83. The highest BCUT2D eigenvalue weighted by atomic mass is 19.1. The molecule has 0 aliphatic rings. The summed E-state index contributed by atoms with van der Waals surface area (Å²) in [7, 11) is 0. The van der Waals surface area contributed by atoms with Gasteiger partial charge in [-0.3, -0.25) is 10.4 Å². The minimum atomic E-state index is -0.649. The van der Waals surface area contributed by atoms with Gasteiger partial charge in [-0.15, -0.1) is 0 Å². The number of nitrogens with zero attached hydrogens (tertiary/aromatic N) is 2. The van der Waals surface area contributed by atoms with E-state index >= 15 is 0 Å². The number of rotatable bonds is 2.